The van der Waals surface area contributed by atoms with Crippen molar-refractivity contribution in [2.75, 3.05) is 5.32 Å². The topological polar surface area (TPSA) is 29.1 Å². The van der Waals surface area contributed by atoms with E-state index in [1.165, 1.54) is 0 Å². The summed E-state index contributed by atoms with van der Waals surface area (Å²) in [5.41, 5.74) is 5.30. The molecule has 76 valence electrons. The zero-order valence-corrected chi connectivity index (χ0v) is 9.62. The third kappa shape index (κ3) is 2.07. The van der Waals surface area contributed by atoms with Crippen molar-refractivity contribution in [2.45, 2.75) is 27.7 Å². The molecule has 2 nitrogen and oxygen atoms in total. The van der Waals surface area contributed by atoms with E-state index >= 15 is 0 Å². The van der Waals surface area contributed by atoms with Gasteiger partial charge in [-0.1, -0.05) is 6.07 Å². The molecule has 0 aliphatic carbocycles. The lowest BCUT2D eigenvalue weighted by Gasteiger charge is -2.14. The maximum absolute atomic E-state index is 10.8. The summed E-state index contributed by atoms with van der Waals surface area (Å²) in [5, 5.41) is 2.11. The second-order valence-electron chi connectivity index (χ2n) is 3.53. The number of halogens is 1. The van der Waals surface area contributed by atoms with Crippen molar-refractivity contribution in [2.24, 2.45) is 0 Å². The van der Waals surface area contributed by atoms with E-state index in [1.54, 1.807) is 0 Å². The molecule has 0 atom stereocenters. The van der Waals surface area contributed by atoms with Gasteiger partial charge in [0.2, 0.25) is 0 Å². The van der Waals surface area contributed by atoms with Crippen molar-refractivity contribution in [3.8, 4) is 0 Å². The Hall–Kier alpha value is -1.02. The van der Waals surface area contributed by atoms with Gasteiger partial charge in [-0.25, -0.2) is 0 Å². The van der Waals surface area contributed by atoms with Crippen LogP contribution in [0.2, 0.25) is 0 Å². The third-order valence-corrected chi connectivity index (χ3v) is 2.68. The summed E-state index contributed by atoms with van der Waals surface area (Å²) in [6, 6.07) is 2.11. The number of hydrogen-bond acceptors (Lipinski definition) is 1. The summed E-state index contributed by atoms with van der Waals surface area (Å²) in [5.74, 6) is 0. The Balaban J connectivity index is 3.31. The summed E-state index contributed by atoms with van der Waals surface area (Å²) < 4.78 is 0. The van der Waals surface area contributed by atoms with E-state index in [-0.39, 0.29) is 0 Å². The van der Waals surface area contributed by atoms with Gasteiger partial charge in [0, 0.05) is 5.69 Å². The number of benzene rings is 1. The van der Waals surface area contributed by atoms with Crippen LogP contribution in [0.15, 0.2) is 6.07 Å². The van der Waals surface area contributed by atoms with Crippen molar-refractivity contribution in [1.82, 2.24) is 0 Å². The highest BCUT2D eigenvalue weighted by Gasteiger charge is 2.09. The minimum Gasteiger partial charge on any atom is -0.312 e. The number of rotatable bonds is 1. The maximum Gasteiger partial charge on any atom is 0.318 e. The Bertz CT molecular complexity index is 359. The van der Waals surface area contributed by atoms with Gasteiger partial charge >= 0.3 is 5.37 Å². The second kappa shape index (κ2) is 4.01. The molecule has 0 unspecified atom stereocenters. The van der Waals surface area contributed by atoms with Crippen LogP contribution in [0.5, 0.6) is 0 Å². The Morgan fingerprint density at radius 2 is 1.57 bits per heavy atom. The molecule has 0 aromatic heterocycles. The highest BCUT2D eigenvalue weighted by atomic mass is 35.5. The molecule has 0 heterocycles. The molecule has 1 amide bonds. The lowest BCUT2D eigenvalue weighted by atomic mass is 9.99. The lowest BCUT2D eigenvalue weighted by Crippen LogP contribution is -2.06. The molecule has 0 saturated carbocycles. The van der Waals surface area contributed by atoms with Crippen LogP contribution in [-0.4, -0.2) is 5.37 Å². The molecule has 0 aliphatic heterocycles. The molecule has 0 spiro atoms. The zero-order valence-electron chi connectivity index (χ0n) is 8.86. The molecular weight excluding hydrogens is 198 g/mol. The number of nitrogens with one attached hydrogen (secondary N) is 1. The van der Waals surface area contributed by atoms with Crippen LogP contribution in [0.3, 0.4) is 0 Å². The molecule has 0 aliphatic rings. The van der Waals surface area contributed by atoms with Gasteiger partial charge in [0.15, 0.2) is 0 Å². The fourth-order valence-electron chi connectivity index (χ4n) is 1.50. The molecule has 0 fully saturated rings. The van der Waals surface area contributed by atoms with E-state index in [0.717, 1.165) is 27.9 Å². The van der Waals surface area contributed by atoms with Gasteiger partial charge in [0.25, 0.3) is 0 Å². The van der Waals surface area contributed by atoms with Crippen molar-refractivity contribution >= 4 is 22.7 Å². The molecule has 0 radical (unpaired) electrons. The molecule has 1 N–H and O–H groups in total. The summed E-state index contributed by atoms with van der Waals surface area (Å²) in [6.07, 6.45) is 0. The molecule has 1 rings (SSSR count). The van der Waals surface area contributed by atoms with Crippen molar-refractivity contribution in [3.05, 3.63) is 28.3 Å². The summed E-state index contributed by atoms with van der Waals surface area (Å²) in [6.45, 7) is 7.99. The Labute approximate surface area is 89.3 Å². The van der Waals surface area contributed by atoms with Gasteiger partial charge in [0.1, 0.15) is 0 Å². The van der Waals surface area contributed by atoms with Gasteiger partial charge in [-0.15, -0.1) is 0 Å². The van der Waals surface area contributed by atoms with Crippen LogP contribution in [0.25, 0.3) is 0 Å². The standard InChI is InChI=1S/C11H14ClNO/c1-6-5-7(2)9(4)10(8(6)3)13-11(12)14/h5H,1-4H3,(H,13,14). The molecular formula is C11H14ClNO. The molecule has 1 aromatic carbocycles. The Morgan fingerprint density at radius 1 is 1.14 bits per heavy atom. The quantitative estimate of drug-likeness (QED) is 0.557. The average Bonchev–Trinajstić information content (AvgIpc) is 2.09. The first-order chi connectivity index (χ1) is 6.43. The number of hydrogen-bond donors (Lipinski definition) is 1. The first kappa shape index (κ1) is 11.1. The van der Waals surface area contributed by atoms with Gasteiger partial charge in [0.05, 0.1) is 0 Å². The first-order valence-electron chi connectivity index (χ1n) is 4.47. The van der Waals surface area contributed by atoms with Crippen LogP contribution in [0, 0.1) is 27.7 Å². The monoisotopic (exact) mass is 211 g/mol. The van der Waals surface area contributed by atoms with Crippen molar-refractivity contribution < 1.29 is 4.79 Å². The first-order valence-corrected chi connectivity index (χ1v) is 4.85. The zero-order chi connectivity index (χ0) is 10.9. The highest BCUT2D eigenvalue weighted by Crippen LogP contribution is 2.26. The molecule has 0 bridgehead atoms. The molecule has 3 heteroatoms. The van der Waals surface area contributed by atoms with E-state index in [1.807, 2.05) is 27.7 Å². The van der Waals surface area contributed by atoms with E-state index in [2.05, 4.69) is 11.4 Å². The van der Waals surface area contributed by atoms with Crippen LogP contribution in [0.1, 0.15) is 22.3 Å². The van der Waals surface area contributed by atoms with E-state index < -0.39 is 5.37 Å². The largest absolute Gasteiger partial charge is 0.318 e. The number of carbonyl (C=O) groups excluding carboxylic acids is 1. The van der Waals surface area contributed by atoms with E-state index in [9.17, 15) is 4.79 Å². The van der Waals surface area contributed by atoms with Gasteiger partial charge in [-0.05, 0) is 61.5 Å². The van der Waals surface area contributed by atoms with Gasteiger partial charge in [-0.2, -0.15) is 0 Å². The fourth-order valence-corrected chi connectivity index (χ4v) is 1.60. The molecule has 1 aromatic rings. The average molecular weight is 212 g/mol. The minimum absolute atomic E-state index is 0.541. The third-order valence-electron chi connectivity index (χ3n) is 2.59. The van der Waals surface area contributed by atoms with Gasteiger partial charge in [-0.3, -0.25) is 4.79 Å². The Morgan fingerprint density at radius 3 is 1.93 bits per heavy atom. The van der Waals surface area contributed by atoms with E-state index in [4.69, 9.17) is 11.6 Å². The lowest BCUT2D eigenvalue weighted by molar-refractivity contribution is 0.269. The smallest absolute Gasteiger partial charge is 0.312 e. The van der Waals surface area contributed by atoms with Crippen molar-refractivity contribution in [1.29, 1.82) is 0 Å². The van der Waals surface area contributed by atoms with Crippen molar-refractivity contribution in [3.63, 3.8) is 0 Å². The summed E-state index contributed by atoms with van der Waals surface area (Å²) in [7, 11) is 0. The second-order valence-corrected chi connectivity index (χ2v) is 3.88. The van der Waals surface area contributed by atoms with Crippen LogP contribution < -0.4 is 5.32 Å². The number of carbonyl (C=O) groups is 1. The Kier molecular flexibility index (Phi) is 3.17. The molecule has 0 saturated heterocycles. The number of aryl methyl sites for hydroxylation is 2. The number of anilines is 1. The normalized spacial score (nSPS) is 10.1. The number of amides is 1. The highest BCUT2D eigenvalue weighted by molar-refractivity contribution is 6.65. The predicted molar refractivity (Wildman–Crippen MR) is 60.3 cm³/mol. The maximum atomic E-state index is 10.8. The van der Waals surface area contributed by atoms with Crippen LogP contribution >= 0.6 is 11.6 Å². The van der Waals surface area contributed by atoms with Crippen LogP contribution in [-0.2, 0) is 0 Å². The molecule has 14 heavy (non-hydrogen) atoms. The minimum atomic E-state index is -0.541. The van der Waals surface area contributed by atoms with Crippen LogP contribution in [0.4, 0.5) is 10.5 Å². The summed E-state index contributed by atoms with van der Waals surface area (Å²) in [4.78, 5) is 10.8. The summed E-state index contributed by atoms with van der Waals surface area (Å²) >= 11 is 5.31. The fraction of sp³-hybridized carbons (Fsp3) is 0.364. The van der Waals surface area contributed by atoms with E-state index in [0.29, 0.717) is 0 Å². The predicted octanol–water partition coefficient (Wildman–Crippen LogP) is 3.69. The SMILES string of the molecule is Cc1cc(C)c(C)c(NC(=O)Cl)c1C. The van der Waals surface area contributed by atoms with Gasteiger partial charge < -0.3 is 5.32 Å².